The van der Waals surface area contributed by atoms with Crippen LogP contribution in [0.25, 0.3) is 0 Å². The third-order valence-electron chi connectivity index (χ3n) is 1.62. The molecule has 0 radical (unpaired) electrons. The second kappa shape index (κ2) is 5.22. The van der Waals surface area contributed by atoms with Gasteiger partial charge in [-0.05, 0) is 18.6 Å². The van der Waals surface area contributed by atoms with E-state index in [4.69, 9.17) is 5.11 Å². The maximum Gasteiger partial charge on any atom is 0.0441 e. The monoisotopic (exact) mass is 182 g/mol. The van der Waals surface area contributed by atoms with Crippen LogP contribution in [0.3, 0.4) is 0 Å². The lowest BCUT2D eigenvalue weighted by Gasteiger charge is -2.08. The van der Waals surface area contributed by atoms with Gasteiger partial charge in [-0.25, -0.2) is 0 Å². The van der Waals surface area contributed by atoms with E-state index in [9.17, 15) is 0 Å². The Kier molecular flexibility index (Phi) is 4.19. The third kappa shape index (κ3) is 3.28. The van der Waals surface area contributed by atoms with Gasteiger partial charge >= 0.3 is 0 Å². The van der Waals surface area contributed by atoms with Crippen LogP contribution < -0.4 is 0 Å². The van der Waals surface area contributed by atoms with Gasteiger partial charge in [0.1, 0.15) is 0 Å². The summed E-state index contributed by atoms with van der Waals surface area (Å²) in [4.78, 5) is 1.28. The minimum atomic E-state index is 0.279. The fraction of sp³-hybridized carbons (Fsp3) is 0.400. The molecule has 66 valence electrons. The molecule has 0 bridgehead atoms. The summed E-state index contributed by atoms with van der Waals surface area (Å²) in [6.45, 7) is 2.41. The summed E-state index contributed by atoms with van der Waals surface area (Å²) in [5.74, 6) is 0. The highest BCUT2D eigenvalue weighted by Crippen LogP contribution is 2.23. The Bertz CT molecular complexity index is 210. The van der Waals surface area contributed by atoms with Gasteiger partial charge in [0, 0.05) is 16.8 Å². The first-order valence-electron chi connectivity index (χ1n) is 4.15. The van der Waals surface area contributed by atoms with Crippen LogP contribution in [0.5, 0.6) is 0 Å². The van der Waals surface area contributed by atoms with Crippen LogP contribution in [0.1, 0.15) is 13.3 Å². The van der Waals surface area contributed by atoms with Crippen LogP contribution in [0.15, 0.2) is 35.2 Å². The number of benzene rings is 1. The molecule has 0 aliphatic carbocycles. The zero-order valence-electron chi connectivity index (χ0n) is 7.23. The molecule has 1 nitrogen and oxygen atoms in total. The van der Waals surface area contributed by atoms with Gasteiger partial charge in [0.15, 0.2) is 0 Å². The van der Waals surface area contributed by atoms with Crippen molar-refractivity contribution in [1.29, 1.82) is 0 Å². The molecule has 1 unspecified atom stereocenters. The van der Waals surface area contributed by atoms with Crippen LogP contribution in [0, 0.1) is 0 Å². The minimum absolute atomic E-state index is 0.279. The minimum Gasteiger partial charge on any atom is -0.396 e. The fourth-order valence-corrected chi connectivity index (χ4v) is 1.97. The summed E-state index contributed by atoms with van der Waals surface area (Å²) in [5, 5.41) is 9.20. The molecule has 1 N–H and O–H groups in total. The third-order valence-corrected chi connectivity index (χ3v) is 2.80. The van der Waals surface area contributed by atoms with E-state index in [0.29, 0.717) is 5.25 Å². The van der Waals surface area contributed by atoms with Crippen LogP contribution in [0.4, 0.5) is 0 Å². The van der Waals surface area contributed by atoms with Gasteiger partial charge < -0.3 is 5.11 Å². The largest absolute Gasteiger partial charge is 0.396 e. The predicted molar refractivity (Wildman–Crippen MR) is 53.5 cm³/mol. The number of thioether (sulfide) groups is 1. The average Bonchev–Trinajstić information content (AvgIpc) is 2.06. The molecule has 12 heavy (non-hydrogen) atoms. The van der Waals surface area contributed by atoms with Crippen molar-refractivity contribution in [1.82, 2.24) is 0 Å². The van der Waals surface area contributed by atoms with Crippen LogP contribution in [0.2, 0.25) is 0 Å². The number of hydrogen-bond acceptors (Lipinski definition) is 2. The van der Waals surface area contributed by atoms with Crippen molar-refractivity contribution in [3.8, 4) is 0 Å². The Balaban J connectivity index is 2.41. The highest BCUT2D eigenvalue weighted by molar-refractivity contribution is 7.99. The molecule has 1 aromatic carbocycles. The first kappa shape index (κ1) is 9.62. The molecule has 1 rings (SSSR count). The lowest BCUT2D eigenvalue weighted by molar-refractivity contribution is 0.289. The smallest absolute Gasteiger partial charge is 0.0441 e. The Morgan fingerprint density at radius 1 is 1.33 bits per heavy atom. The SMILES string of the molecule is CC(CCO)Sc1ccccc1. The molecule has 0 aromatic heterocycles. The van der Waals surface area contributed by atoms with Crippen molar-refractivity contribution in [3.63, 3.8) is 0 Å². The van der Waals surface area contributed by atoms with E-state index in [0.717, 1.165) is 6.42 Å². The first-order valence-corrected chi connectivity index (χ1v) is 5.03. The molecule has 0 aliphatic rings. The summed E-state index contributed by atoms with van der Waals surface area (Å²) in [5.41, 5.74) is 0. The molecule has 1 atom stereocenters. The van der Waals surface area contributed by atoms with Crippen molar-refractivity contribution in [3.05, 3.63) is 30.3 Å². The normalized spacial score (nSPS) is 12.8. The molecule has 0 heterocycles. The van der Waals surface area contributed by atoms with Crippen LogP contribution in [-0.2, 0) is 0 Å². The quantitative estimate of drug-likeness (QED) is 0.722. The zero-order chi connectivity index (χ0) is 8.81. The molecule has 0 amide bonds. The van der Waals surface area contributed by atoms with Crippen LogP contribution >= 0.6 is 11.8 Å². The van der Waals surface area contributed by atoms with Gasteiger partial charge in [0.2, 0.25) is 0 Å². The van der Waals surface area contributed by atoms with E-state index in [1.165, 1.54) is 4.90 Å². The van der Waals surface area contributed by atoms with E-state index < -0.39 is 0 Å². The maximum absolute atomic E-state index is 8.70. The summed E-state index contributed by atoms with van der Waals surface area (Å²) in [7, 11) is 0. The lowest BCUT2D eigenvalue weighted by Crippen LogP contribution is -1.98. The Morgan fingerprint density at radius 2 is 2.00 bits per heavy atom. The molecule has 0 aliphatic heterocycles. The van der Waals surface area contributed by atoms with Crippen LogP contribution in [-0.4, -0.2) is 17.0 Å². The Labute approximate surface area is 77.8 Å². The molecular weight excluding hydrogens is 168 g/mol. The van der Waals surface area contributed by atoms with E-state index in [1.54, 1.807) is 0 Å². The number of aliphatic hydroxyl groups excluding tert-OH is 1. The number of aliphatic hydroxyl groups is 1. The molecular formula is C10H14OS. The highest BCUT2D eigenvalue weighted by Gasteiger charge is 2.01. The topological polar surface area (TPSA) is 20.2 Å². The van der Waals surface area contributed by atoms with E-state index in [1.807, 2.05) is 30.0 Å². The molecule has 0 saturated carbocycles. The molecule has 0 saturated heterocycles. The van der Waals surface area contributed by atoms with Gasteiger partial charge in [-0.1, -0.05) is 25.1 Å². The second-order valence-corrected chi connectivity index (χ2v) is 4.27. The lowest BCUT2D eigenvalue weighted by atomic mass is 10.3. The van der Waals surface area contributed by atoms with Gasteiger partial charge in [0.25, 0.3) is 0 Å². The van der Waals surface area contributed by atoms with Gasteiger partial charge in [-0.2, -0.15) is 0 Å². The maximum atomic E-state index is 8.70. The summed E-state index contributed by atoms with van der Waals surface area (Å²) >= 11 is 1.81. The van der Waals surface area contributed by atoms with E-state index in [-0.39, 0.29) is 6.61 Å². The Hall–Kier alpha value is -0.470. The standard InChI is InChI=1S/C10H14OS/c1-9(7-8-11)12-10-5-3-2-4-6-10/h2-6,9,11H,7-8H2,1H3. The van der Waals surface area contributed by atoms with Crippen molar-refractivity contribution in [2.45, 2.75) is 23.5 Å². The second-order valence-electron chi connectivity index (χ2n) is 2.75. The van der Waals surface area contributed by atoms with Crippen molar-refractivity contribution >= 4 is 11.8 Å². The fourth-order valence-electron chi connectivity index (χ4n) is 0.972. The average molecular weight is 182 g/mol. The van der Waals surface area contributed by atoms with E-state index in [2.05, 4.69) is 19.1 Å². The van der Waals surface area contributed by atoms with E-state index >= 15 is 0 Å². The van der Waals surface area contributed by atoms with Crippen molar-refractivity contribution in [2.75, 3.05) is 6.61 Å². The van der Waals surface area contributed by atoms with Crippen molar-refractivity contribution in [2.24, 2.45) is 0 Å². The highest BCUT2D eigenvalue weighted by atomic mass is 32.2. The summed E-state index contributed by atoms with van der Waals surface area (Å²) < 4.78 is 0. The van der Waals surface area contributed by atoms with Gasteiger partial charge in [0.05, 0.1) is 0 Å². The summed E-state index contributed by atoms with van der Waals surface area (Å²) in [6, 6.07) is 10.3. The molecule has 0 spiro atoms. The number of rotatable bonds is 4. The van der Waals surface area contributed by atoms with Crippen molar-refractivity contribution < 1.29 is 5.11 Å². The first-order chi connectivity index (χ1) is 5.83. The van der Waals surface area contributed by atoms with Gasteiger partial charge in [-0.3, -0.25) is 0 Å². The molecule has 1 aromatic rings. The van der Waals surface area contributed by atoms with Gasteiger partial charge in [-0.15, -0.1) is 11.8 Å². The molecule has 0 fully saturated rings. The zero-order valence-corrected chi connectivity index (χ0v) is 8.05. The summed E-state index contributed by atoms with van der Waals surface area (Å²) in [6.07, 6.45) is 0.861. The molecule has 2 heteroatoms. The Morgan fingerprint density at radius 3 is 2.58 bits per heavy atom. The predicted octanol–water partition coefficient (Wildman–Crippen LogP) is 2.55. The number of hydrogen-bond donors (Lipinski definition) is 1.